The predicted molar refractivity (Wildman–Crippen MR) is 224 cm³/mol. The smallest absolute Gasteiger partial charge is 0.203 e. The molecule has 1 aromatic carbocycles. The quantitative estimate of drug-likeness (QED) is 0.0511. The van der Waals surface area contributed by atoms with Crippen LogP contribution >= 0.6 is 0 Å². The van der Waals surface area contributed by atoms with Crippen molar-refractivity contribution < 1.29 is 18.8 Å². The molecule has 0 radical (unpaired) electrons. The molecule has 298 valence electrons. The normalized spacial score (nSPS) is 11.3. The molecule has 0 atom stereocenters. The molecular weight excluding hydrogens is 639 g/mol. The summed E-state index contributed by atoms with van der Waals surface area (Å²) >= 11 is 0. The summed E-state index contributed by atoms with van der Waals surface area (Å²) in [7, 11) is 0. The van der Waals surface area contributed by atoms with Gasteiger partial charge < -0.3 is 14.2 Å². The van der Waals surface area contributed by atoms with E-state index < -0.39 is 0 Å². The molecule has 0 fully saturated rings. The van der Waals surface area contributed by atoms with E-state index in [0.29, 0.717) is 6.61 Å². The van der Waals surface area contributed by atoms with E-state index in [0.717, 1.165) is 56.3 Å². The van der Waals surface area contributed by atoms with Crippen molar-refractivity contribution in [2.45, 2.75) is 220 Å². The fourth-order valence-corrected chi connectivity index (χ4v) is 7.14. The number of pyridine rings is 1. The van der Waals surface area contributed by atoms with Gasteiger partial charge in [0.25, 0.3) is 0 Å². The van der Waals surface area contributed by atoms with Gasteiger partial charge in [-0.3, -0.25) is 0 Å². The summed E-state index contributed by atoms with van der Waals surface area (Å²) in [5.74, 6) is 2.53. The van der Waals surface area contributed by atoms with Gasteiger partial charge in [0, 0.05) is 17.7 Å². The van der Waals surface area contributed by atoms with Gasteiger partial charge in [-0.1, -0.05) is 200 Å². The number of benzene rings is 1. The van der Waals surface area contributed by atoms with Crippen LogP contribution in [-0.2, 0) is 6.54 Å². The predicted octanol–water partition coefficient (Wildman–Crippen LogP) is 14.9. The zero-order valence-corrected chi connectivity index (χ0v) is 34.8. The highest BCUT2D eigenvalue weighted by atomic mass is 16.5. The SMILES string of the molecule is CCCCCCCCCCCCOc1cc(C[n+]2ccccc2)cc(OCCCCCCCCCCCC)c1OCCCCCCCCCCCC. The van der Waals surface area contributed by atoms with Gasteiger partial charge in [-0.05, 0) is 31.4 Å². The lowest BCUT2D eigenvalue weighted by Crippen LogP contribution is -2.32. The lowest BCUT2D eigenvalue weighted by molar-refractivity contribution is -0.688. The molecule has 0 bridgehead atoms. The third-order valence-corrected chi connectivity index (χ3v) is 10.5. The van der Waals surface area contributed by atoms with Gasteiger partial charge in [-0.2, -0.15) is 0 Å². The van der Waals surface area contributed by atoms with Gasteiger partial charge in [-0.15, -0.1) is 0 Å². The Hall–Kier alpha value is -2.23. The van der Waals surface area contributed by atoms with Crippen molar-refractivity contribution in [2.75, 3.05) is 19.8 Å². The van der Waals surface area contributed by atoms with Crippen molar-refractivity contribution in [3.8, 4) is 17.2 Å². The molecule has 4 heteroatoms. The lowest BCUT2D eigenvalue weighted by Gasteiger charge is -2.18. The number of aromatic nitrogens is 1. The summed E-state index contributed by atoms with van der Waals surface area (Å²) in [5, 5.41) is 0. The minimum atomic E-state index is 0.715. The summed E-state index contributed by atoms with van der Waals surface area (Å²) in [4.78, 5) is 0. The molecule has 0 aliphatic rings. The first-order valence-corrected chi connectivity index (χ1v) is 22.8. The number of ether oxygens (including phenoxy) is 3. The Morgan fingerprint density at radius 3 is 1.02 bits per heavy atom. The minimum absolute atomic E-state index is 0.715. The van der Waals surface area contributed by atoms with Crippen LogP contribution in [0.3, 0.4) is 0 Å². The lowest BCUT2D eigenvalue weighted by atomic mass is 10.1. The van der Waals surface area contributed by atoms with Crippen molar-refractivity contribution in [3.05, 3.63) is 48.3 Å². The average molecular weight is 723 g/mol. The molecule has 1 heterocycles. The number of rotatable bonds is 38. The van der Waals surface area contributed by atoms with Gasteiger partial charge in [0.15, 0.2) is 30.4 Å². The first-order valence-electron chi connectivity index (χ1n) is 22.8. The van der Waals surface area contributed by atoms with Crippen LogP contribution in [0.4, 0.5) is 0 Å². The highest BCUT2D eigenvalue weighted by molar-refractivity contribution is 5.54. The third kappa shape index (κ3) is 24.9. The zero-order valence-electron chi connectivity index (χ0n) is 34.8. The van der Waals surface area contributed by atoms with E-state index in [9.17, 15) is 0 Å². The molecule has 0 amide bonds. The van der Waals surface area contributed by atoms with E-state index in [2.05, 4.69) is 68.1 Å². The number of hydrogen-bond acceptors (Lipinski definition) is 3. The Morgan fingerprint density at radius 2 is 0.673 bits per heavy atom. The molecule has 0 aliphatic carbocycles. The maximum atomic E-state index is 6.59. The Bertz CT molecular complexity index is 994. The second kappa shape index (κ2) is 34.5. The zero-order chi connectivity index (χ0) is 37.0. The van der Waals surface area contributed by atoms with Crippen LogP contribution in [0.15, 0.2) is 42.7 Å². The summed E-state index contributed by atoms with van der Waals surface area (Å²) in [6.45, 7) is 9.83. The Morgan fingerprint density at radius 1 is 0.365 bits per heavy atom. The van der Waals surface area contributed by atoms with Crippen molar-refractivity contribution >= 4 is 0 Å². The molecule has 2 rings (SSSR count). The topological polar surface area (TPSA) is 31.6 Å². The fourth-order valence-electron chi connectivity index (χ4n) is 7.14. The van der Waals surface area contributed by atoms with Gasteiger partial charge in [0.2, 0.25) is 5.75 Å². The van der Waals surface area contributed by atoms with E-state index in [-0.39, 0.29) is 0 Å². The molecule has 0 saturated carbocycles. The van der Waals surface area contributed by atoms with E-state index in [1.807, 2.05) is 0 Å². The van der Waals surface area contributed by atoms with E-state index >= 15 is 0 Å². The van der Waals surface area contributed by atoms with Crippen LogP contribution in [-0.4, -0.2) is 19.8 Å². The van der Waals surface area contributed by atoms with Crippen molar-refractivity contribution in [2.24, 2.45) is 0 Å². The highest BCUT2D eigenvalue weighted by Gasteiger charge is 2.18. The molecule has 4 nitrogen and oxygen atoms in total. The molecule has 0 aliphatic heterocycles. The summed E-state index contributed by atoms with van der Waals surface area (Å²) in [5.41, 5.74) is 1.19. The summed E-state index contributed by atoms with van der Waals surface area (Å²) in [6, 6.07) is 10.7. The maximum absolute atomic E-state index is 6.59. The molecule has 1 aromatic heterocycles. The largest absolute Gasteiger partial charge is 0.490 e. The van der Waals surface area contributed by atoms with E-state index in [1.165, 1.54) is 179 Å². The van der Waals surface area contributed by atoms with Crippen LogP contribution in [0, 0.1) is 0 Å². The second-order valence-electron chi connectivity index (χ2n) is 15.6. The number of nitrogens with zero attached hydrogens (tertiary/aromatic N) is 1. The first-order chi connectivity index (χ1) is 25.8. The fraction of sp³-hybridized carbons (Fsp3) is 0.771. The van der Waals surface area contributed by atoms with Crippen LogP contribution in [0.2, 0.25) is 0 Å². The van der Waals surface area contributed by atoms with Gasteiger partial charge in [0.05, 0.1) is 19.8 Å². The van der Waals surface area contributed by atoms with Crippen LogP contribution in [0.25, 0.3) is 0 Å². The molecule has 0 unspecified atom stereocenters. The molecule has 2 aromatic rings. The van der Waals surface area contributed by atoms with Crippen molar-refractivity contribution in [1.82, 2.24) is 0 Å². The standard InChI is InChI=1S/C48H84NO3/c1-4-7-10-13-16-19-22-25-28-34-39-50-46-42-45(44-49-37-32-31-33-38-49)43-47(51-40-35-29-26-23-20-17-14-11-8-5-2)48(46)52-41-36-30-27-24-21-18-15-12-9-6-3/h31-33,37-38,42-43H,4-30,34-36,39-41,44H2,1-3H3/q+1. The highest BCUT2D eigenvalue weighted by Crippen LogP contribution is 2.39. The van der Waals surface area contributed by atoms with Gasteiger partial charge >= 0.3 is 0 Å². The monoisotopic (exact) mass is 723 g/mol. The van der Waals surface area contributed by atoms with Crippen LogP contribution in [0.5, 0.6) is 17.2 Å². The summed E-state index contributed by atoms with van der Waals surface area (Å²) < 4.78 is 22.0. The Balaban J connectivity index is 1.96. The Labute approximate surface area is 323 Å². The minimum Gasteiger partial charge on any atom is -0.490 e. The molecular formula is C48H84NO3+. The van der Waals surface area contributed by atoms with E-state index in [1.54, 1.807) is 0 Å². The molecule has 0 N–H and O–H groups in total. The van der Waals surface area contributed by atoms with Crippen molar-refractivity contribution in [1.29, 1.82) is 0 Å². The summed E-state index contributed by atoms with van der Waals surface area (Å²) in [6.07, 6.45) is 44.0. The third-order valence-electron chi connectivity index (χ3n) is 10.5. The van der Waals surface area contributed by atoms with Gasteiger partial charge in [-0.25, -0.2) is 4.57 Å². The average Bonchev–Trinajstić information content (AvgIpc) is 3.16. The molecule has 0 spiro atoms. The number of unbranched alkanes of at least 4 members (excludes halogenated alkanes) is 27. The van der Waals surface area contributed by atoms with Crippen molar-refractivity contribution in [3.63, 3.8) is 0 Å². The first kappa shape index (κ1) is 45.9. The van der Waals surface area contributed by atoms with Crippen LogP contribution in [0.1, 0.15) is 219 Å². The van der Waals surface area contributed by atoms with Gasteiger partial charge in [0.1, 0.15) is 0 Å². The molecule has 0 saturated heterocycles. The number of hydrogen-bond donors (Lipinski definition) is 0. The molecule has 52 heavy (non-hydrogen) atoms. The van der Waals surface area contributed by atoms with E-state index in [4.69, 9.17) is 14.2 Å². The van der Waals surface area contributed by atoms with Crippen LogP contribution < -0.4 is 18.8 Å². The maximum Gasteiger partial charge on any atom is 0.203 e. The second-order valence-corrected chi connectivity index (χ2v) is 15.6. The Kier molecular flexibility index (Phi) is 30.5.